The van der Waals surface area contributed by atoms with Gasteiger partial charge in [0.25, 0.3) is 0 Å². The number of para-hydroxylation sites is 1. The Morgan fingerprint density at radius 1 is 0.714 bits per heavy atom. The van der Waals surface area contributed by atoms with E-state index in [0.717, 1.165) is 22.4 Å². The molecule has 0 aliphatic rings. The first-order valence-corrected chi connectivity index (χ1v) is 6.86. The first kappa shape index (κ1) is 11.9. The van der Waals surface area contributed by atoms with E-state index in [1.807, 2.05) is 18.2 Å². The van der Waals surface area contributed by atoms with Gasteiger partial charge >= 0.3 is 0 Å². The van der Waals surface area contributed by atoms with Crippen molar-refractivity contribution in [2.24, 2.45) is 0 Å². The summed E-state index contributed by atoms with van der Waals surface area (Å²) in [4.78, 5) is 3.43. The number of anilines is 2. The average molecular weight is 274 g/mol. The molecule has 0 atom stereocenters. The second-order valence-corrected chi connectivity index (χ2v) is 5.10. The van der Waals surface area contributed by atoms with Crippen LogP contribution in [0.4, 0.5) is 11.4 Å². The smallest absolute Gasteiger partial charge is 0.115 e. The Labute approximate surface area is 121 Å². The third-order valence-electron chi connectivity index (χ3n) is 3.66. The molecular weight excluding hydrogens is 260 g/mol. The summed E-state index contributed by atoms with van der Waals surface area (Å²) < 4.78 is 0. The molecule has 1 aromatic heterocycles. The molecule has 3 heteroatoms. The summed E-state index contributed by atoms with van der Waals surface area (Å²) in [6.07, 6.45) is 0. The highest BCUT2D eigenvalue weighted by Crippen LogP contribution is 2.28. The number of hydrogen-bond acceptors (Lipinski definition) is 2. The van der Waals surface area contributed by atoms with Crippen LogP contribution in [0.2, 0.25) is 0 Å². The Morgan fingerprint density at radius 3 is 2.29 bits per heavy atom. The van der Waals surface area contributed by atoms with E-state index in [1.165, 1.54) is 10.8 Å². The minimum absolute atomic E-state index is 0.270. The van der Waals surface area contributed by atoms with E-state index < -0.39 is 0 Å². The molecule has 0 saturated heterocycles. The van der Waals surface area contributed by atoms with Gasteiger partial charge in [0.2, 0.25) is 0 Å². The number of aromatic amines is 1. The number of phenols is 1. The van der Waals surface area contributed by atoms with Crippen molar-refractivity contribution < 1.29 is 5.11 Å². The van der Waals surface area contributed by atoms with Crippen molar-refractivity contribution in [3.63, 3.8) is 0 Å². The van der Waals surface area contributed by atoms with Gasteiger partial charge in [0.15, 0.2) is 0 Å². The van der Waals surface area contributed by atoms with Gasteiger partial charge in [-0.3, -0.25) is 0 Å². The maximum Gasteiger partial charge on any atom is 0.115 e. The number of phenolic OH excluding ortho intramolecular Hbond substituents is 1. The number of nitrogens with one attached hydrogen (secondary N) is 2. The van der Waals surface area contributed by atoms with Crippen LogP contribution in [0.5, 0.6) is 5.75 Å². The normalized spacial score (nSPS) is 11.0. The van der Waals surface area contributed by atoms with Gasteiger partial charge < -0.3 is 15.4 Å². The van der Waals surface area contributed by atoms with Crippen molar-refractivity contribution in [2.45, 2.75) is 0 Å². The van der Waals surface area contributed by atoms with Gasteiger partial charge in [-0.15, -0.1) is 0 Å². The van der Waals surface area contributed by atoms with E-state index >= 15 is 0 Å². The molecule has 0 aliphatic heterocycles. The lowest BCUT2D eigenvalue weighted by atomic mass is 10.1. The van der Waals surface area contributed by atoms with Crippen LogP contribution in [0.3, 0.4) is 0 Å². The molecule has 0 amide bonds. The summed E-state index contributed by atoms with van der Waals surface area (Å²) in [5, 5.41) is 15.1. The highest BCUT2D eigenvalue weighted by atomic mass is 16.3. The average Bonchev–Trinajstić information content (AvgIpc) is 2.87. The number of rotatable bonds is 2. The molecule has 0 bridgehead atoms. The molecule has 4 rings (SSSR count). The molecule has 0 radical (unpaired) electrons. The third kappa shape index (κ3) is 2.09. The zero-order valence-electron chi connectivity index (χ0n) is 11.3. The van der Waals surface area contributed by atoms with Gasteiger partial charge in [-0.2, -0.15) is 0 Å². The number of benzene rings is 3. The van der Waals surface area contributed by atoms with Crippen LogP contribution in [0.25, 0.3) is 21.8 Å². The Hall–Kier alpha value is -2.94. The molecular formula is C18H14N2O. The van der Waals surface area contributed by atoms with Crippen molar-refractivity contribution in [3.8, 4) is 5.75 Å². The third-order valence-corrected chi connectivity index (χ3v) is 3.66. The summed E-state index contributed by atoms with van der Waals surface area (Å²) in [6.45, 7) is 0. The van der Waals surface area contributed by atoms with Gasteiger partial charge in [-0.1, -0.05) is 24.3 Å². The number of hydrogen-bond donors (Lipinski definition) is 3. The topological polar surface area (TPSA) is 48.0 Å². The van der Waals surface area contributed by atoms with Crippen molar-refractivity contribution in [2.75, 3.05) is 5.32 Å². The van der Waals surface area contributed by atoms with Gasteiger partial charge in [0, 0.05) is 33.2 Å². The highest BCUT2D eigenvalue weighted by Gasteiger charge is 2.04. The van der Waals surface area contributed by atoms with Crippen LogP contribution >= 0.6 is 0 Å². The maximum absolute atomic E-state index is 9.31. The van der Waals surface area contributed by atoms with Gasteiger partial charge in [-0.05, 0) is 42.5 Å². The van der Waals surface area contributed by atoms with Crippen LogP contribution in [0, 0.1) is 0 Å². The fraction of sp³-hybridized carbons (Fsp3) is 0. The lowest BCUT2D eigenvalue weighted by Gasteiger charge is -2.06. The SMILES string of the molecule is Oc1ccc(Nc2ccc3c(c2)[nH]c2ccccc23)cc1. The first-order valence-electron chi connectivity index (χ1n) is 6.86. The van der Waals surface area contributed by atoms with Crippen LogP contribution in [-0.4, -0.2) is 10.1 Å². The van der Waals surface area contributed by atoms with Gasteiger partial charge in [0.05, 0.1) is 0 Å². The summed E-state index contributed by atoms with van der Waals surface area (Å²) in [6, 6.07) is 21.6. The van der Waals surface area contributed by atoms with Crippen molar-refractivity contribution in [1.82, 2.24) is 4.98 Å². The Balaban J connectivity index is 1.76. The zero-order valence-corrected chi connectivity index (χ0v) is 11.3. The molecule has 0 aliphatic carbocycles. The summed E-state index contributed by atoms with van der Waals surface area (Å²) >= 11 is 0. The van der Waals surface area contributed by atoms with Crippen LogP contribution in [-0.2, 0) is 0 Å². The molecule has 3 aromatic carbocycles. The minimum atomic E-state index is 0.270. The van der Waals surface area contributed by atoms with E-state index in [0.29, 0.717) is 0 Å². The fourth-order valence-corrected chi connectivity index (χ4v) is 2.64. The number of H-pyrrole nitrogens is 1. The standard InChI is InChI=1S/C18H14N2O/c21-14-8-5-12(6-9-14)19-13-7-10-16-15-3-1-2-4-17(15)20-18(16)11-13/h1-11,19-21H. The summed E-state index contributed by atoms with van der Waals surface area (Å²) in [5.74, 6) is 0.270. The van der Waals surface area contributed by atoms with Gasteiger partial charge in [-0.25, -0.2) is 0 Å². The molecule has 3 N–H and O–H groups in total. The van der Waals surface area contributed by atoms with E-state index in [-0.39, 0.29) is 5.75 Å². The van der Waals surface area contributed by atoms with E-state index in [1.54, 1.807) is 12.1 Å². The molecule has 0 saturated carbocycles. The highest BCUT2D eigenvalue weighted by molar-refractivity contribution is 6.08. The molecule has 21 heavy (non-hydrogen) atoms. The molecule has 102 valence electrons. The molecule has 0 unspecified atom stereocenters. The predicted molar refractivity (Wildman–Crippen MR) is 87.2 cm³/mol. The van der Waals surface area contributed by atoms with Crippen LogP contribution < -0.4 is 5.32 Å². The Kier molecular flexibility index (Phi) is 2.57. The number of aromatic hydroxyl groups is 1. The lowest BCUT2D eigenvalue weighted by Crippen LogP contribution is -1.89. The van der Waals surface area contributed by atoms with E-state index in [9.17, 15) is 5.11 Å². The van der Waals surface area contributed by atoms with Crippen molar-refractivity contribution in [1.29, 1.82) is 0 Å². The maximum atomic E-state index is 9.31. The monoisotopic (exact) mass is 274 g/mol. The molecule has 3 nitrogen and oxygen atoms in total. The second kappa shape index (κ2) is 4.56. The second-order valence-electron chi connectivity index (χ2n) is 5.10. The fourth-order valence-electron chi connectivity index (χ4n) is 2.64. The van der Waals surface area contributed by atoms with E-state index in [4.69, 9.17) is 0 Å². The largest absolute Gasteiger partial charge is 0.508 e. The van der Waals surface area contributed by atoms with Crippen LogP contribution in [0.1, 0.15) is 0 Å². The van der Waals surface area contributed by atoms with Crippen LogP contribution in [0.15, 0.2) is 66.7 Å². The predicted octanol–water partition coefficient (Wildman–Crippen LogP) is 4.77. The van der Waals surface area contributed by atoms with Crippen molar-refractivity contribution in [3.05, 3.63) is 66.7 Å². The molecule has 0 fully saturated rings. The summed E-state index contributed by atoms with van der Waals surface area (Å²) in [7, 11) is 0. The van der Waals surface area contributed by atoms with Crippen molar-refractivity contribution >= 4 is 33.2 Å². The first-order chi connectivity index (χ1) is 10.3. The zero-order chi connectivity index (χ0) is 14.2. The van der Waals surface area contributed by atoms with E-state index in [2.05, 4.69) is 46.7 Å². The number of aromatic nitrogens is 1. The van der Waals surface area contributed by atoms with Gasteiger partial charge in [0.1, 0.15) is 5.75 Å². The number of fused-ring (bicyclic) bond motifs is 3. The minimum Gasteiger partial charge on any atom is -0.508 e. The molecule has 4 aromatic rings. The Morgan fingerprint density at radius 2 is 1.43 bits per heavy atom. The quantitative estimate of drug-likeness (QED) is 0.461. The molecule has 1 heterocycles. The molecule has 0 spiro atoms. The lowest BCUT2D eigenvalue weighted by molar-refractivity contribution is 0.475. The Bertz CT molecular complexity index is 923. The summed E-state index contributed by atoms with van der Waals surface area (Å²) in [5.41, 5.74) is 4.22.